The van der Waals surface area contributed by atoms with E-state index in [1.807, 2.05) is 44.2 Å². The fraction of sp³-hybridized carbons (Fsp3) is 0.269. The van der Waals surface area contributed by atoms with Gasteiger partial charge in [-0.2, -0.15) is 0 Å². The lowest BCUT2D eigenvalue weighted by Crippen LogP contribution is -2.35. The van der Waals surface area contributed by atoms with Crippen molar-refractivity contribution in [3.8, 4) is 5.75 Å². The van der Waals surface area contributed by atoms with E-state index in [2.05, 4.69) is 4.72 Å². The molecule has 0 aromatic heterocycles. The summed E-state index contributed by atoms with van der Waals surface area (Å²) in [6.45, 7) is 5.81. The Kier molecular flexibility index (Phi) is 6.28. The molecule has 3 aromatic rings. The molecule has 0 radical (unpaired) electrons. The first-order valence-corrected chi connectivity index (χ1v) is 12.3. The summed E-state index contributed by atoms with van der Waals surface area (Å²) in [7, 11) is -2.07. The van der Waals surface area contributed by atoms with Crippen LogP contribution in [0.3, 0.4) is 0 Å². The Labute approximate surface area is 195 Å². The van der Waals surface area contributed by atoms with Crippen LogP contribution in [0.4, 0.5) is 5.69 Å². The quantitative estimate of drug-likeness (QED) is 0.587. The summed E-state index contributed by atoms with van der Waals surface area (Å²) < 4.78 is 33.7. The number of amides is 1. The van der Waals surface area contributed by atoms with E-state index >= 15 is 0 Å². The molecule has 1 atom stereocenters. The number of anilines is 1. The van der Waals surface area contributed by atoms with Gasteiger partial charge in [-0.25, -0.2) is 13.1 Å². The summed E-state index contributed by atoms with van der Waals surface area (Å²) in [5.41, 5.74) is 4.87. The molecule has 0 saturated carbocycles. The van der Waals surface area contributed by atoms with Gasteiger partial charge in [0.05, 0.1) is 12.0 Å². The van der Waals surface area contributed by atoms with E-state index in [0.29, 0.717) is 16.9 Å². The van der Waals surface area contributed by atoms with E-state index in [-0.39, 0.29) is 23.4 Å². The highest BCUT2D eigenvalue weighted by Gasteiger charge is 2.32. The largest absolute Gasteiger partial charge is 0.497 e. The van der Waals surface area contributed by atoms with Crippen LogP contribution in [0.2, 0.25) is 0 Å². The third kappa shape index (κ3) is 4.65. The molecule has 33 heavy (non-hydrogen) atoms. The van der Waals surface area contributed by atoms with Gasteiger partial charge < -0.3 is 9.64 Å². The van der Waals surface area contributed by atoms with E-state index in [4.69, 9.17) is 4.74 Å². The highest BCUT2D eigenvalue weighted by molar-refractivity contribution is 7.89. The minimum atomic E-state index is -3.66. The molecular weight excluding hydrogens is 436 g/mol. The number of carbonyl (C=O) groups excluding carboxylic acids is 1. The Hall–Kier alpha value is -3.16. The minimum absolute atomic E-state index is 0.0106. The predicted octanol–water partition coefficient (Wildman–Crippen LogP) is 4.38. The minimum Gasteiger partial charge on any atom is -0.497 e. The van der Waals surface area contributed by atoms with E-state index in [1.54, 1.807) is 49.3 Å². The van der Waals surface area contributed by atoms with Crippen molar-refractivity contribution >= 4 is 21.6 Å². The zero-order chi connectivity index (χ0) is 23.8. The van der Waals surface area contributed by atoms with Crippen molar-refractivity contribution in [3.63, 3.8) is 0 Å². The number of sulfonamides is 1. The Morgan fingerprint density at radius 3 is 2.48 bits per heavy atom. The van der Waals surface area contributed by atoms with Gasteiger partial charge in [-0.05, 0) is 85.8 Å². The first-order valence-electron chi connectivity index (χ1n) is 10.9. The summed E-state index contributed by atoms with van der Waals surface area (Å²) in [6, 6.07) is 18.3. The second-order valence-corrected chi connectivity index (χ2v) is 10.2. The molecule has 0 saturated heterocycles. The standard InChI is InChI=1S/C26H28N2O4S/c1-17-5-6-18(2)25(13-17)33(30,31)27-16-20-7-8-22-14-19(3)28(24(22)15-20)26(29)21-9-11-23(32-4)12-10-21/h5-13,15,19,27H,14,16H2,1-4H3/t19-/m0/s1. The Bertz CT molecular complexity index is 1300. The molecule has 0 unspecified atom stereocenters. The van der Waals surface area contributed by atoms with Crippen molar-refractivity contribution in [2.45, 2.75) is 44.7 Å². The maximum atomic E-state index is 13.3. The highest BCUT2D eigenvalue weighted by Crippen LogP contribution is 2.34. The molecule has 4 rings (SSSR count). The number of benzene rings is 3. The maximum absolute atomic E-state index is 13.3. The van der Waals surface area contributed by atoms with Gasteiger partial charge in [-0.1, -0.05) is 24.3 Å². The van der Waals surface area contributed by atoms with E-state index in [9.17, 15) is 13.2 Å². The van der Waals surface area contributed by atoms with Crippen LogP contribution in [0.1, 0.15) is 39.5 Å². The highest BCUT2D eigenvalue weighted by atomic mass is 32.2. The van der Waals surface area contributed by atoms with Gasteiger partial charge in [0.15, 0.2) is 0 Å². The average Bonchev–Trinajstić information content (AvgIpc) is 3.13. The molecular formula is C26H28N2O4S. The van der Waals surface area contributed by atoms with Gasteiger partial charge in [-0.3, -0.25) is 4.79 Å². The SMILES string of the molecule is COc1ccc(C(=O)N2c3cc(CNS(=O)(=O)c4cc(C)ccc4C)ccc3C[C@@H]2C)cc1. The van der Waals surface area contributed by atoms with Crippen LogP contribution in [0, 0.1) is 13.8 Å². The third-order valence-electron chi connectivity index (χ3n) is 6.02. The van der Waals surface area contributed by atoms with E-state index in [1.165, 1.54) is 0 Å². The van der Waals surface area contributed by atoms with Crippen molar-refractivity contribution in [1.82, 2.24) is 4.72 Å². The molecule has 0 bridgehead atoms. The number of ether oxygens (including phenoxy) is 1. The second-order valence-electron chi connectivity index (χ2n) is 8.51. The van der Waals surface area contributed by atoms with Gasteiger partial charge >= 0.3 is 0 Å². The van der Waals surface area contributed by atoms with E-state index < -0.39 is 10.0 Å². The molecule has 7 heteroatoms. The first-order chi connectivity index (χ1) is 15.7. The van der Waals surface area contributed by atoms with Crippen LogP contribution in [0.25, 0.3) is 0 Å². The monoisotopic (exact) mass is 464 g/mol. The number of nitrogens with one attached hydrogen (secondary N) is 1. The van der Waals surface area contributed by atoms with Gasteiger partial charge in [0, 0.05) is 23.8 Å². The normalized spacial score (nSPS) is 15.4. The van der Waals surface area contributed by atoms with Gasteiger partial charge in [-0.15, -0.1) is 0 Å². The number of carbonyl (C=O) groups is 1. The Morgan fingerprint density at radius 1 is 1.06 bits per heavy atom. The molecule has 1 N–H and O–H groups in total. The van der Waals surface area contributed by atoms with Crippen molar-refractivity contribution in [3.05, 3.63) is 88.5 Å². The lowest BCUT2D eigenvalue weighted by molar-refractivity contribution is 0.0981. The summed E-state index contributed by atoms with van der Waals surface area (Å²) in [5.74, 6) is 0.608. The Balaban J connectivity index is 1.57. The molecule has 1 aliphatic heterocycles. The van der Waals surface area contributed by atoms with Crippen LogP contribution in [-0.4, -0.2) is 27.5 Å². The van der Waals surface area contributed by atoms with Crippen LogP contribution in [0.5, 0.6) is 5.75 Å². The van der Waals surface area contributed by atoms with Crippen molar-refractivity contribution in [2.24, 2.45) is 0 Å². The number of methoxy groups -OCH3 is 1. The molecule has 0 aliphatic carbocycles. The molecule has 172 valence electrons. The van der Waals surface area contributed by atoms with Crippen molar-refractivity contribution < 1.29 is 17.9 Å². The lowest BCUT2D eigenvalue weighted by atomic mass is 10.1. The lowest BCUT2D eigenvalue weighted by Gasteiger charge is -2.23. The zero-order valence-corrected chi connectivity index (χ0v) is 20.1. The molecule has 3 aromatic carbocycles. The zero-order valence-electron chi connectivity index (χ0n) is 19.3. The molecule has 0 spiro atoms. The Morgan fingerprint density at radius 2 is 1.79 bits per heavy atom. The molecule has 1 aliphatic rings. The number of rotatable bonds is 6. The van der Waals surface area contributed by atoms with Gasteiger partial charge in [0.2, 0.25) is 10.0 Å². The predicted molar refractivity (Wildman–Crippen MR) is 129 cm³/mol. The van der Waals surface area contributed by atoms with Crippen LogP contribution in [-0.2, 0) is 23.0 Å². The first kappa shape index (κ1) is 23.0. The molecule has 1 heterocycles. The number of hydrogen-bond donors (Lipinski definition) is 1. The fourth-order valence-corrected chi connectivity index (χ4v) is 5.54. The van der Waals surface area contributed by atoms with Gasteiger partial charge in [0.1, 0.15) is 5.75 Å². The molecule has 0 fully saturated rings. The average molecular weight is 465 g/mol. The molecule has 6 nitrogen and oxygen atoms in total. The van der Waals surface area contributed by atoms with Crippen LogP contribution < -0.4 is 14.4 Å². The summed E-state index contributed by atoms with van der Waals surface area (Å²) in [6.07, 6.45) is 0.756. The third-order valence-corrected chi connectivity index (χ3v) is 7.56. The summed E-state index contributed by atoms with van der Waals surface area (Å²) in [4.78, 5) is 15.4. The second kappa shape index (κ2) is 9.00. The smallest absolute Gasteiger partial charge is 0.258 e. The topological polar surface area (TPSA) is 75.7 Å². The number of nitrogens with zero attached hydrogens (tertiary/aromatic N) is 1. The summed E-state index contributed by atoms with van der Waals surface area (Å²) in [5, 5.41) is 0. The van der Waals surface area contributed by atoms with Crippen molar-refractivity contribution in [2.75, 3.05) is 12.0 Å². The van der Waals surface area contributed by atoms with Crippen LogP contribution in [0.15, 0.2) is 65.6 Å². The number of aryl methyl sites for hydroxylation is 2. The van der Waals surface area contributed by atoms with E-state index in [0.717, 1.165) is 28.8 Å². The fourth-order valence-electron chi connectivity index (χ4n) is 4.20. The van der Waals surface area contributed by atoms with Gasteiger partial charge in [0.25, 0.3) is 5.91 Å². The number of hydrogen-bond acceptors (Lipinski definition) is 4. The maximum Gasteiger partial charge on any atom is 0.258 e. The molecule has 1 amide bonds. The van der Waals surface area contributed by atoms with Crippen molar-refractivity contribution in [1.29, 1.82) is 0 Å². The van der Waals surface area contributed by atoms with Crippen LogP contribution >= 0.6 is 0 Å². The summed E-state index contributed by atoms with van der Waals surface area (Å²) >= 11 is 0. The number of fused-ring (bicyclic) bond motifs is 1.